The van der Waals surface area contributed by atoms with Crippen molar-refractivity contribution in [3.05, 3.63) is 35.9 Å². The highest BCUT2D eigenvalue weighted by Gasteiger charge is 2.08. The minimum absolute atomic E-state index is 0.931. The van der Waals surface area contributed by atoms with E-state index in [2.05, 4.69) is 55.4 Å². The fourth-order valence-corrected chi connectivity index (χ4v) is 2.08. The molecule has 3 heteroatoms. The molecule has 0 unspecified atom stereocenters. The maximum Gasteiger partial charge on any atom is 0.131 e. The van der Waals surface area contributed by atoms with E-state index in [1.54, 1.807) is 0 Å². The molecule has 1 heterocycles. The molecule has 2 aromatic rings. The third kappa shape index (κ3) is 3.44. The summed E-state index contributed by atoms with van der Waals surface area (Å²) in [6, 6.07) is 10.6. The van der Waals surface area contributed by atoms with Crippen LogP contribution in [-0.2, 0) is 6.54 Å². The molecule has 0 saturated heterocycles. The molecule has 0 saturated carbocycles. The zero-order valence-corrected chi connectivity index (χ0v) is 12.1. The SMILES string of the molecule is CCCNc1nc2ccccc2cc1CN(C)CC. The molecule has 0 bridgehead atoms. The van der Waals surface area contributed by atoms with Crippen molar-refractivity contribution in [3.8, 4) is 0 Å². The maximum atomic E-state index is 4.76. The van der Waals surface area contributed by atoms with Gasteiger partial charge in [0.15, 0.2) is 0 Å². The van der Waals surface area contributed by atoms with Gasteiger partial charge in [-0.25, -0.2) is 4.98 Å². The molecule has 0 amide bonds. The van der Waals surface area contributed by atoms with Gasteiger partial charge in [-0.2, -0.15) is 0 Å². The first kappa shape index (κ1) is 13.8. The van der Waals surface area contributed by atoms with Crippen molar-refractivity contribution in [2.75, 3.05) is 25.5 Å². The van der Waals surface area contributed by atoms with E-state index in [9.17, 15) is 0 Å². The van der Waals surface area contributed by atoms with Crippen LogP contribution in [0, 0.1) is 0 Å². The summed E-state index contributed by atoms with van der Waals surface area (Å²) >= 11 is 0. The van der Waals surface area contributed by atoms with Gasteiger partial charge in [0.1, 0.15) is 5.82 Å². The van der Waals surface area contributed by atoms with Gasteiger partial charge in [-0.1, -0.05) is 32.0 Å². The zero-order chi connectivity index (χ0) is 13.7. The van der Waals surface area contributed by atoms with Crippen molar-refractivity contribution in [1.82, 2.24) is 9.88 Å². The number of para-hydroxylation sites is 1. The number of nitrogens with one attached hydrogen (secondary N) is 1. The molecule has 1 aromatic carbocycles. The Morgan fingerprint density at radius 3 is 2.74 bits per heavy atom. The Balaban J connectivity index is 2.38. The van der Waals surface area contributed by atoms with Gasteiger partial charge in [0.05, 0.1) is 5.52 Å². The van der Waals surface area contributed by atoms with E-state index in [1.807, 2.05) is 6.07 Å². The summed E-state index contributed by atoms with van der Waals surface area (Å²) in [6.45, 7) is 7.29. The number of rotatable bonds is 6. The van der Waals surface area contributed by atoms with Crippen LogP contribution in [0.1, 0.15) is 25.8 Å². The Morgan fingerprint density at radius 1 is 1.21 bits per heavy atom. The van der Waals surface area contributed by atoms with Crippen LogP contribution >= 0.6 is 0 Å². The number of hydrogen-bond donors (Lipinski definition) is 1. The molecular weight excluding hydrogens is 234 g/mol. The van der Waals surface area contributed by atoms with Crippen LogP contribution in [0.25, 0.3) is 10.9 Å². The third-order valence-corrected chi connectivity index (χ3v) is 3.33. The van der Waals surface area contributed by atoms with Crippen LogP contribution in [0.5, 0.6) is 0 Å². The molecule has 1 aromatic heterocycles. The smallest absolute Gasteiger partial charge is 0.131 e. The second-order valence-corrected chi connectivity index (χ2v) is 4.95. The van der Waals surface area contributed by atoms with Crippen molar-refractivity contribution < 1.29 is 0 Å². The quantitative estimate of drug-likeness (QED) is 0.858. The maximum absolute atomic E-state index is 4.76. The van der Waals surface area contributed by atoms with E-state index < -0.39 is 0 Å². The Morgan fingerprint density at radius 2 is 2.00 bits per heavy atom. The van der Waals surface area contributed by atoms with Crippen LogP contribution in [0.3, 0.4) is 0 Å². The summed E-state index contributed by atoms with van der Waals surface area (Å²) in [5.74, 6) is 1.03. The second kappa shape index (κ2) is 6.53. The average Bonchev–Trinajstić information content (AvgIpc) is 2.44. The van der Waals surface area contributed by atoms with Crippen molar-refractivity contribution >= 4 is 16.7 Å². The summed E-state index contributed by atoms with van der Waals surface area (Å²) in [5, 5.41) is 4.66. The highest BCUT2D eigenvalue weighted by molar-refractivity contribution is 5.81. The predicted molar refractivity (Wildman–Crippen MR) is 82.5 cm³/mol. The average molecular weight is 257 g/mol. The Kier molecular flexibility index (Phi) is 4.74. The van der Waals surface area contributed by atoms with Gasteiger partial charge in [0.25, 0.3) is 0 Å². The zero-order valence-electron chi connectivity index (χ0n) is 12.1. The summed E-state index contributed by atoms with van der Waals surface area (Å²) < 4.78 is 0. The molecule has 0 spiro atoms. The van der Waals surface area contributed by atoms with Crippen molar-refractivity contribution in [2.24, 2.45) is 0 Å². The number of hydrogen-bond acceptors (Lipinski definition) is 3. The lowest BCUT2D eigenvalue weighted by molar-refractivity contribution is 0.346. The summed E-state index contributed by atoms with van der Waals surface area (Å²) in [7, 11) is 2.14. The predicted octanol–water partition coefficient (Wildman–Crippen LogP) is 3.51. The van der Waals surface area contributed by atoms with Gasteiger partial charge in [-0.15, -0.1) is 0 Å². The molecule has 19 heavy (non-hydrogen) atoms. The topological polar surface area (TPSA) is 28.2 Å². The monoisotopic (exact) mass is 257 g/mol. The first-order valence-corrected chi connectivity index (χ1v) is 7.05. The lowest BCUT2D eigenvalue weighted by Gasteiger charge is -2.17. The molecule has 1 N–H and O–H groups in total. The molecule has 0 fully saturated rings. The van der Waals surface area contributed by atoms with Crippen LogP contribution in [-0.4, -0.2) is 30.0 Å². The third-order valence-electron chi connectivity index (χ3n) is 3.33. The number of fused-ring (bicyclic) bond motifs is 1. The van der Waals surface area contributed by atoms with Gasteiger partial charge in [0, 0.05) is 24.0 Å². The fourth-order valence-electron chi connectivity index (χ4n) is 2.08. The van der Waals surface area contributed by atoms with Crippen LogP contribution < -0.4 is 5.32 Å². The van der Waals surface area contributed by atoms with Crippen molar-refractivity contribution in [2.45, 2.75) is 26.8 Å². The summed E-state index contributed by atoms with van der Waals surface area (Å²) in [6.07, 6.45) is 1.11. The van der Waals surface area contributed by atoms with Crippen molar-refractivity contribution in [1.29, 1.82) is 0 Å². The normalized spacial score (nSPS) is 11.2. The van der Waals surface area contributed by atoms with E-state index >= 15 is 0 Å². The number of nitrogens with zero attached hydrogens (tertiary/aromatic N) is 2. The highest BCUT2D eigenvalue weighted by atomic mass is 15.1. The molecule has 0 aliphatic heterocycles. The van der Waals surface area contributed by atoms with E-state index in [1.165, 1.54) is 10.9 Å². The number of pyridine rings is 1. The highest BCUT2D eigenvalue weighted by Crippen LogP contribution is 2.21. The lowest BCUT2D eigenvalue weighted by Crippen LogP contribution is -2.18. The summed E-state index contributed by atoms with van der Waals surface area (Å²) in [5.41, 5.74) is 2.33. The van der Waals surface area contributed by atoms with Gasteiger partial charge in [-0.05, 0) is 32.1 Å². The van der Waals surface area contributed by atoms with E-state index in [0.717, 1.165) is 37.4 Å². The van der Waals surface area contributed by atoms with Gasteiger partial charge in [-0.3, -0.25) is 0 Å². The van der Waals surface area contributed by atoms with Gasteiger partial charge < -0.3 is 10.2 Å². The standard InChI is InChI=1S/C16H23N3/c1-4-10-17-16-14(12-19(3)5-2)11-13-8-6-7-9-15(13)18-16/h6-9,11H,4-5,10,12H2,1-3H3,(H,17,18). The molecule has 0 radical (unpaired) electrons. The Labute approximate surface area is 115 Å². The molecule has 0 aliphatic rings. The van der Waals surface area contributed by atoms with Crippen LogP contribution in [0.4, 0.5) is 5.82 Å². The molecule has 2 rings (SSSR count). The van der Waals surface area contributed by atoms with Gasteiger partial charge >= 0.3 is 0 Å². The molecule has 0 aliphatic carbocycles. The first-order valence-electron chi connectivity index (χ1n) is 7.05. The molecular formula is C16H23N3. The van der Waals surface area contributed by atoms with Crippen molar-refractivity contribution in [3.63, 3.8) is 0 Å². The first-order chi connectivity index (χ1) is 9.24. The largest absolute Gasteiger partial charge is 0.370 e. The fraction of sp³-hybridized carbons (Fsp3) is 0.438. The van der Waals surface area contributed by atoms with E-state index in [-0.39, 0.29) is 0 Å². The summed E-state index contributed by atoms with van der Waals surface area (Å²) in [4.78, 5) is 7.06. The Hall–Kier alpha value is -1.61. The van der Waals surface area contributed by atoms with Crippen LogP contribution in [0.15, 0.2) is 30.3 Å². The second-order valence-electron chi connectivity index (χ2n) is 4.95. The molecule has 3 nitrogen and oxygen atoms in total. The lowest BCUT2D eigenvalue weighted by atomic mass is 10.1. The van der Waals surface area contributed by atoms with Crippen LogP contribution in [0.2, 0.25) is 0 Å². The van der Waals surface area contributed by atoms with E-state index in [4.69, 9.17) is 4.98 Å². The molecule has 102 valence electrons. The van der Waals surface area contributed by atoms with Gasteiger partial charge in [0.2, 0.25) is 0 Å². The number of benzene rings is 1. The Bertz CT molecular complexity index is 537. The molecule has 0 atom stereocenters. The minimum Gasteiger partial charge on any atom is -0.370 e. The number of aromatic nitrogens is 1. The number of anilines is 1. The van der Waals surface area contributed by atoms with E-state index in [0.29, 0.717) is 0 Å². The minimum atomic E-state index is 0.931.